The number of hydrogen-bond acceptors (Lipinski definition) is 6. The van der Waals surface area contributed by atoms with E-state index in [1.54, 1.807) is 27.7 Å². The number of benzene rings is 2. The van der Waals surface area contributed by atoms with Crippen LogP contribution in [-0.2, 0) is 0 Å². The number of aromatic nitrogens is 3. The molecule has 144 valence electrons. The zero-order valence-electron chi connectivity index (χ0n) is 16.3. The maximum atomic E-state index is 5.52. The quantitative estimate of drug-likeness (QED) is 0.731. The molecule has 4 rings (SSSR count). The first-order valence-electron chi connectivity index (χ1n) is 8.90. The Balaban J connectivity index is 1.84. The molecule has 0 amide bonds. The first-order valence-corrected chi connectivity index (χ1v) is 8.90. The smallest absolute Gasteiger partial charge is 0.226 e. The fraction of sp³-hybridized carbons (Fsp3) is 0.238. The van der Waals surface area contributed by atoms with Crippen molar-refractivity contribution in [3.05, 3.63) is 65.5 Å². The maximum Gasteiger partial charge on any atom is 0.226 e. The molecule has 0 fully saturated rings. The van der Waals surface area contributed by atoms with Crippen molar-refractivity contribution in [2.45, 2.75) is 13.0 Å². The molecule has 0 bridgehead atoms. The number of allylic oxidation sites excluding steroid dienone is 1. The van der Waals surface area contributed by atoms with Crippen LogP contribution in [0.3, 0.4) is 0 Å². The van der Waals surface area contributed by atoms with Gasteiger partial charge in [0.25, 0.3) is 0 Å². The van der Waals surface area contributed by atoms with Crippen LogP contribution in [-0.4, -0.2) is 36.1 Å². The van der Waals surface area contributed by atoms with Gasteiger partial charge in [-0.1, -0.05) is 29.8 Å². The molecule has 0 aliphatic carbocycles. The second-order valence-electron chi connectivity index (χ2n) is 6.50. The van der Waals surface area contributed by atoms with Crippen molar-refractivity contribution in [3.8, 4) is 17.2 Å². The molecule has 7 nitrogen and oxygen atoms in total. The van der Waals surface area contributed by atoms with Gasteiger partial charge in [-0.05, 0) is 36.3 Å². The third-order valence-corrected chi connectivity index (χ3v) is 4.80. The highest BCUT2D eigenvalue weighted by molar-refractivity contribution is 5.77. The van der Waals surface area contributed by atoms with Gasteiger partial charge in [0, 0.05) is 5.70 Å². The minimum atomic E-state index is -0.177. The molecule has 0 spiro atoms. The van der Waals surface area contributed by atoms with Gasteiger partial charge in [0.2, 0.25) is 11.7 Å². The van der Waals surface area contributed by atoms with E-state index in [-0.39, 0.29) is 6.04 Å². The van der Waals surface area contributed by atoms with Gasteiger partial charge in [-0.2, -0.15) is 10.1 Å². The summed E-state index contributed by atoms with van der Waals surface area (Å²) in [6.07, 6.45) is 3.66. The molecule has 1 aliphatic heterocycles. The Labute approximate surface area is 163 Å². The Morgan fingerprint density at radius 3 is 2.25 bits per heavy atom. The number of anilines is 1. The van der Waals surface area contributed by atoms with Crippen molar-refractivity contribution in [1.82, 2.24) is 14.8 Å². The topological polar surface area (TPSA) is 70.4 Å². The van der Waals surface area contributed by atoms with Crippen molar-refractivity contribution in [2.75, 3.05) is 26.6 Å². The fourth-order valence-electron chi connectivity index (χ4n) is 3.34. The second-order valence-corrected chi connectivity index (χ2v) is 6.50. The summed E-state index contributed by atoms with van der Waals surface area (Å²) in [5, 5.41) is 7.75. The van der Waals surface area contributed by atoms with E-state index in [1.165, 1.54) is 5.56 Å². The summed E-state index contributed by atoms with van der Waals surface area (Å²) in [7, 11) is 4.81. The predicted molar refractivity (Wildman–Crippen MR) is 107 cm³/mol. The highest BCUT2D eigenvalue weighted by atomic mass is 16.5. The predicted octanol–water partition coefficient (Wildman–Crippen LogP) is 3.67. The van der Waals surface area contributed by atoms with Gasteiger partial charge < -0.3 is 19.5 Å². The normalized spacial score (nSPS) is 15.3. The van der Waals surface area contributed by atoms with Gasteiger partial charge in [0.05, 0.1) is 21.3 Å². The van der Waals surface area contributed by atoms with E-state index in [1.807, 2.05) is 16.8 Å². The molecule has 1 N–H and O–H groups in total. The molecule has 2 heterocycles. The van der Waals surface area contributed by atoms with Crippen molar-refractivity contribution in [1.29, 1.82) is 0 Å². The molecule has 1 aliphatic rings. The third kappa shape index (κ3) is 3.05. The summed E-state index contributed by atoms with van der Waals surface area (Å²) < 4.78 is 18.3. The summed E-state index contributed by atoms with van der Waals surface area (Å²) in [6, 6.07) is 12.1. The Kier molecular flexibility index (Phi) is 4.65. The van der Waals surface area contributed by atoms with Gasteiger partial charge in [-0.3, -0.25) is 0 Å². The van der Waals surface area contributed by atoms with Crippen LogP contribution in [0.1, 0.15) is 22.7 Å². The van der Waals surface area contributed by atoms with Gasteiger partial charge in [0.1, 0.15) is 12.4 Å². The molecule has 3 aromatic rings. The van der Waals surface area contributed by atoms with E-state index in [9.17, 15) is 0 Å². The molecule has 7 heteroatoms. The molecular formula is C21H22N4O3. The molecule has 28 heavy (non-hydrogen) atoms. The Hall–Kier alpha value is -3.48. The van der Waals surface area contributed by atoms with Gasteiger partial charge in [-0.25, -0.2) is 4.68 Å². The molecule has 0 radical (unpaired) electrons. The highest BCUT2D eigenvalue weighted by Gasteiger charge is 2.26. The number of fused-ring (bicyclic) bond motifs is 1. The van der Waals surface area contributed by atoms with E-state index in [2.05, 4.69) is 52.7 Å². The van der Waals surface area contributed by atoms with Crippen LogP contribution in [0.2, 0.25) is 0 Å². The van der Waals surface area contributed by atoms with Crippen molar-refractivity contribution in [2.24, 2.45) is 0 Å². The Morgan fingerprint density at radius 2 is 1.64 bits per heavy atom. The number of methoxy groups -OCH3 is 3. The van der Waals surface area contributed by atoms with Gasteiger partial charge >= 0.3 is 0 Å². The lowest BCUT2D eigenvalue weighted by Gasteiger charge is -2.25. The third-order valence-electron chi connectivity index (χ3n) is 4.80. The van der Waals surface area contributed by atoms with Crippen LogP contribution in [0.25, 0.3) is 5.70 Å². The number of ether oxygens (including phenoxy) is 3. The fourth-order valence-corrected chi connectivity index (χ4v) is 3.34. The zero-order valence-corrected chi connectivity index (χ0v) is 16.3. The lowest BCUT2D eigenvalue weighted by molar-refractivity contribution is 0.323. The molecule has 1 atom stereocenters. The summed E-state index contributed by atoms with van der Waals surface area (Å²) in [5.74, 6) is 2.44. The lowest BCUT2D eigenvalue weighted by Crippen LogP contribution is -2.20. The largest absolute Gasteiger partial charge is 0.493 e. The van der Waals surface area contributed by atoms with E-state index in [0.29, 0.717) is 23.2 Å². The SMILES string of the molecule is COc1cc([C@@H]2C=C(c3ccc(C)cc3)Nc3ncnn32)cc(OC)c1OC. The van der Waals surface area contributed by atoms with E-state index < -0.39 is 0 Å². The number of rotatable bonds is 5. The Bertz CT molecular complexity index is 999. The van der Waals surface area contributed by atoms with Crippen LogP contribution in [0.4, 0.5) is 5.95 Å². The van der Waals surface area contributed by atoms with E-state index in [4.69, 9.17) is 14.2 Å². The molecule has 1 aromatic heterocycles. The van der Waals surface area contributed by atoms with Crippen molar-refractivity contribution < 1.29 is 14.2 Å². The lowest BCUT2D eigenvalue weighted by atomic mass is 10.0. The highest BCUT2D eigenvalue weighted by Crippen LogP contribution is 2.42. The van der Waals surface area contributed by atoms with Crippen LogP contribution in [0.15, 0.2) is 48.8 Å². The number of hydrogen-bond donors (Lipinski definition) is 1. The summed E-state index contributed by atoms with van der Waals surface area (Å²) in [4.78, 5) is 4.36. The summed E-state index contributed by atoms with van der Waals surface area (Å²) in [6.45, 7) is 2.07. The first kappa shape index (κ1) is 17.9. The number of nitrogens with zero attached hydrogens (tertiary/aromatic N) is 3. The zero-order chi connectivity index (χ0) is 19.7. The molecular weight excluding hydrogens is 356 g/mol. The summed E-state index contributed by atoms with van der Waals surface area (Å²) >= 11 is 0. The van der Waals surface area contributed by atoms with Crippen molar-refractivity contribution >= 4 is 11.6 Å². The Morgan fingerprint density at radius 1 is 0.964 bits per heavy atom. The number of nitrogens with one attached hydrogen (secondary N) is 1. The average molecular weight is 378 g/mol. The van der Waals surface area contributed by atoms with Gasteiger partial charge in [-0.15, -0.1) is 0 Å². The standard InChI is InChI=1S/C21H22N4O3/c1-13-5-7-14(8-6-13)16-11-17(25-21(24-16)22-12-23-25)15-9-18(26-2)20(28-4)19(10-15)27-3/h5-12,17H,1-4H3,(H,22,23,24)/t17-/m0/s1. The minimum Gasteiger partial charge on any atom is -0.493 e. The monoisotopic (exact) mass is 378 g/mol. The average Bonchev–Trinajstić information content (AvgIpc) is 3.21. The van der Waals surface area contributed by atoms with E-state index in [0.717, 1.165) is 16.8 Å². The molecule has 0 unspecified atom stereocenters. The van der Waals surface area contributed by atoms with Crippen LogP contribution in [0, 0.1) is 6.92 Å². The minimum absolute atomic E-state index is 0.177. The maximum absolute atomic E-state index is 5.52. The number of aryl methyl sites for hydroxylation is 1. The van der Waals surface area contributed by atoms with Crippen molar-refractivity contribution in [3.63, 3.8) is 0 Å². The molecule has 0 saturated carbocycles. The van der Waals surface area contributed by atoms with Crippen LogP contribution >= 0.6 is 0 Å². The molecule has 2 aromatic carbocycles. The molecule has 0 saturated heterocycles. The van der Waals surface area contributed by atoms with E-state index >= 15 is 0 Å². The van der Waals surface area contributed by atoms with Crippen LogP contribution in [0.5, 0.6) is 17.2 Å². The second kappa shape index (κ2) is 7.26. The first-order chi connectivity index (χ1) is 13.6. The van der Waals surface area contributed by atoms with Gasteiger partial charge in [0.15, 0.2) is 11.5 Å². The summed E-state index contributed by atoms with van der Waals surface area (Å²) in [5.41, 5.74) is 4.22. The van der Waals surface area contributed by atoms with Crippen LogP contribution < -0.4 is 19.5 Å².